The van der Waals surface area contributed by atoms with E-state index in [9.17, 15) is 22.4 Å². The van der Waals surface area contributed by atoms with Crippen LogP contribution in [0.15, 0.2) is 12.1 Å². The van der Waals surface area contributed by atoms with Crippen molar-refractivity contribution < 1.29 is 36.2 Å². The number of likely N-dealkylation sites (tertiary alicyclic amines) is 1. The van der Waals surface area contributed by atoms with Crippen molar-refractivity contribution in [3.05, 3.63) is 29.3 Å². The molecule has 2 N–H and O–H groups in total. The molecule has 5 rings (SSSR count). The van der Waals surface area contributed by atoms with Gasteiger partial charge in [0.05, 0.1) is 30.1 Å². The number of ether oxygens (including phenoxy) is 2. The lowest BCUT2D eigenvalue weighted by Crippen LogP contribution is -2.63. The molecule has 1 amide bonds. The number of alkyl halides is 4. The molecule has 1 aliphatic carbocycles. The molecule has 13 heteroatoms. The van der Waals surface area contributed by atoms with Gasteiger partial charge in [-0.2, -0.15) is 0 Å². The number of nitrogens with two attached hydrogens (primary N) is 1. The number of carbonyl (C=O) groups excluding carboxylic acids is 1. The summed E-state index contributed by atoms with van der Waals surface area (Å²) in [5.74, 6) is -6.83. The highest BCUT2D eigenvalue weighted by molar-refractivity contribution is 6.76. The Hall–Kier alpha value is -2.09. The number of amides is 1. The number of carbonyl (C=O) groups is 1. The van der Waals surface area contributed by atoms with Crippen molar-refractivity contribution in [3.8, 4) is 0 Å². The molecule has 1 saturated carbocycles. The normalized spacial score (nSPS) is 23.1. The van der Waals surface area contributed by atoms with Gasteiger partial charge in [0.25, 0.3) is 5.92 Å². The Bertz CT molecular complexity index is 1290. The second-order valence-corrected chi connectivity index (χ2v) is 19.1. The zero-order valence-corrected chi connectivity index (χ0v) is 25.5. The van der Waals surface area contributed by atoms with Crippen LogP contribution in [0.2, 0.25) is 25.7 Å². The van der Waals surface area contributed by atoms with Crippen LogP contribution in [0, 0.1) is 11.7 Å². The van der Waals surface area contributed by atoms with Crippen LogP contribution >= 0.6 is 0 Å². The van der Waals surface area contributed by atoms with Crippen molar-refractivity contribution >= 4 is 25.0 Å². The van der Waals surface area contributed by atoms with Crippen LogP contribution in [-0.4, -0.2) is 73.2 Å². The third-order valence-electron chi connectivity index (χ3n) is 9.08. The quantitative estimate of drug-likeness (QED) is 0.218. The van der Waals surface area contributed by atoms with Gasteiger partial charge in [0.1, 0.15) is 18.1 Å². The molecule has 1 aromatic heterocycles. The van der Waals surface area contributed by atoms with Gasteiger partial charge in [-0.3, -0.25) is 4.79 Å². The van der Waals surface area contributed by atoms with Gasteiger partial charge in [-0.15, -0.1) is 0 Å². The zero-order valence-electron chi connectivity index (χ0n) is 24.5. The van der Waals surface area contributed by atoms with E-state index in [-0.39, 0.29) is 75.5 Å². The van der Waals surface area contributed by atoms with E-state index in [2.05, 4.69) is 24.6 Å². The summed E-state index contributed by atoms with van der Waals surface area (Å²) in [6.07, 6.45) is 0.219. The summed E-state index contributed by atoms with van der Waals surface area (Å²) < 4.78 is 84.8. The Kier molecular flexibility index (Phi) is 8.54. The minimum atomic E-state index is -2.95. The highest BCUT2D eigenvalue weighted by atomic mass is 28.3. The van der Waals surface area contributed by atoms with Crippen LogP contribution in [0.3, 0.4) is 0 Å². The Morgan fingerprint density at radius 1 is 1.10 bits per heavy atom. The molecule has 2 aromatic rings. The fourth-order valence-corrected chi connectivity index (χ4v) is 7.14. The number of hydrogen-bond acceptors (Lipinski definition) is 5. The predicted molar refractivity (Wildman–Crippen MR) is 151 cm³/mol. The minimum absolute atomic E-state index is 0.000455. The van der Waals surface area contributed by atoms with Crippen molar-refractivity contribution in [2.45, 2.75) is 94.2 Å². The van der Waals surface area contributed by atoms with E-state index in [0.29, 0.717) is 17.9 Å². The largest absolute Gasteiger partial charge is 0.381 e. The molecule has 3 heterocycles. The van der Waals surface area contributed by atoms with Gasteiger partial charge in [-0.05, 0) is 43.7 Å². The van der Waals surface area contributed by atoms with Crippen molar-refractivity contribution in [2.24, 2.45) is 11.7 Å². The molecule has 3 aliphatic rings. The number of aromatic nitrogens is 2. The maximum absolute atomic E-state index is 16.5. The zero-order chi connectivity index (χ0) is 30.5. The molecular weight excluding hydrogens is 575 g/mol. The Balaban J connectivity index is 1.52. The van der Waals surface area contributed by atoms with E-state index in [4.69, 9.17) is 15.2 Å². The summed E-state index contributed by atoms with van der Waals surface area (Å²) in [4.78, 5) is 19.3. The molecule has 1 atom stereocenters. The van der Waals surface area contributed by atoms with E-state index >= 15 is 4.39 Å². The van der Waals surface area contributed by atoms with Crippen molar-refractivity contribution in [2.75, 3.05) is 32.9 Å². The van der Waals surface area contributed by atoms with Gasteiger partial charge in [0.15, 0.2) is 5.82 Å². The highest BCUT2D eigenvalue weighted by Gasteiger charge is 2.54. The van der Waals surface area contributed by atoms with Gasteiger partial charge in [-0.25, -0.2) is 26.9 Å². The molecule has 2 saturated heterocycles. The monoisotopic (exact) mass is 616 g/mol. The fraction of sp³-hybridized carbons (Fsp3) is 0.724. The standard InChI is InChI=1S/C29H41F5N4O3Si/c1-42(2,3)15-14-41-18-38-21-5-4-20(27(10-12-40-13-11-27)26(39)37-16-29(33,34)17-37)22(30)24(21)36-25(38)23(35)19-6-8-28(31,32)9-7-19/h4-5,19,23H,6-18,35H2,1-3H3. The van der Waals surface area contributed by atoms with Gasteiger partial charge in [-0.1, -0.05) is 25.7 Å². The molecule has 0 spiro atoms. The first-order valence-electron chi connectivity index (χ1n) is 14.8. The lowest BCUT2D eigenvalue weighted by atomic mass is 9.72. The number of hydrogen-bond donors (Lipinski definition) is 1. The summed E-state index contributed by atoms with van der Waals surface area (Å²) in [6.45, 7) is 6.25. The van der Waals surface area contributed by atoms with Crippen molar-refractivity contribution in [1.82, 2.24) is 14.5 Å². The van der Waals surface area contributed by atoms with Crippen molar-refractivity contribution in [1.29, 1.82) is 0 Å². The summed E-state index contributed by atoms with van der Waals surface area (Å²) in [7, 11) is -1.38. The van der Waals surface area contributed by atoms with Crippen molar-refractivity contribution in [3.63, 3.8) is 0 Å². The molecule has 7 nitrogen and oxygen atoms in total. The first kappa shape index (κ1) is 31.3. The average molecular weight is 617 g/mol. The lowest BCUT2D eigenvalue weighted by Gasteiger charge is -2.46. The second kappa shape index (κ2) is 11.4. The van der Waals surface area contributed by atoms with Crippen LogP contribution < -0.4 is 5.73 Å². The number of rotatable bonds is 9. The summed E-state index contributed by atoms with van der Waals surface area (Å²) in [5.41, 5.74) is 5.80. The van der Waals surface area contributed by atoms with Crippen LogP contribution in [0.4, 0.5) is 22.0 Å². The third kappa shape index (κ3) is 6.25. The summed E-state index contributed by atoms with van der Waals surface area (Å²) >= 11 is 0. The van der Waals surface area contributed by atoms with Crippen LogP contribution in [0.25, 0.3) is 11.0 Å². The molecule has 1 unspecified atom stereocenters. The van der Waals surface area contributed by atoms with Gasteiger partial charge in [0, 0.05) is 46.3 Å². The van der Waals surface area contributed by atoms with Crippen LogP contribution in [-0.2, 0) is 26.4 Å². The first-order chi connectivity index (χ1) is 19.6. The van der Waals surface area contributed by atoms with Crippen LogP contribution in [0.5, 0.6) is 0 Å². The molecule has 0 bridgehead atoms. The Morgan fingerprint density at radius 2 is 1.74 bits per heavy atom. The smallest absolute Gasteiger partial charge is 0.282 e. The minimum Gasteiger partial charge on any atom is -0.381 e. The van der Waals surface area contributed by atoms with Gasteiger partial charge in [0.2, 0.25) is 11.8 Å². The van der Waals surface area contributed by atoms with Gasteiger partial charge < -0.3 is 24.7 Å². The lowest BCUT2D eigenvalue weighted by molar-refractivity contribution is -0.174. The number of halogens is 5. The number of nitrogens with zero attached hydrogens (tertiary/aromatic N) is 3. The highest BCUT2D eigenvalue weighted by Crippen LogP contribution is 2.44. The third-order valence-corrected chi connectivity index (χ3v) is 10.8. The van der Waals surface area contributed by atoms with Gasteiger partial charge >= 0.3 is 0 Å². The number of fused-ring (bicyclic) bond motifs is 1. The van der Waals surface area contributed by atoms with E-state index in [1.54, 1.807) is 10.6 Å². The molecular formula is C29H41F5N4O3Si. The van der Waals surface area contributed by atoms with E-state index in [1.165, 1.54) is 6.07 Å². The molecule has 1 aromatic carbocycles. The Morgan fingerprint density at radius 3 is 2.33 bits per heavy atom. The number of imidazole rings is 1. The summed E-state index contributed by atoms with van der Waals surface area (Å²) in [5, 5.41) is 0. The number of benzene rings is 1. The predicted octanol–water partition coefficient (Wildman–Crippen LogP) is 5.84. The van der Waals surface area contributed by atoms with E-state index in [0.717, 1.165) is 10.9 Å². The molecule has 42 heavy (non-hydrogen) atoms. The Labute approximate surface area is 243 Å². The van der Waals surface area contributed by atoms with E-state index < -0.39 is 56.2 Å². The second-order valence-electron chi connectivity index (χ2n) is 13.5. The molecule has 2 aliphatic heterocycles. The topological polar surface area (TPSA) is 82.6 Å². The molecule has 0 radical (unpaired) electrons. The average Bonchev–Trinajstić information content (AvgIpc) is 3.28. The SMILES string of the molecule is C[Si](C)(C)CCOCn1c(C(N)C2CCC(F)(F)CC2)nc2c(F)c(C3(C(=O)N4CC(F)(F)C4)CCOCC3)ccc21. The summed E-state index contributed by atoms with van der Waals surface area (Å²) in [6, 6.07) is 3.40. The molecule has 234 valence electrons. The maximum atomic E-state index is 16.5. The van der Waals surface area contributed by atoms with E-state index in [1.807, 2.05) is 0 Å². The fourth-order valence-electron chi connectivity index (χ4n) is 6.38. The molecule has 3 fully saturated rings. The maximum Gasteiger partial charge on any atom is 0.282 e. The first-order valence-corrected chi connectivity index (χ1v) is 18.5. The van der Waals surface area contributed by atoms with Crippen LogP contribution in [0.1, 0.15) is 56.0 Å².